The topological polar surface area (TPSA) is 47.4 Å². The van der Waals surface area contributed by atoms with Crippen molar-refractivity contribution >= 4 is 27.5 Å². The van der Waals surface area contributed by atoms with Gasteiger partial charge in [-0.15, -0.1) is 11.3 Å². The van der Waals surface area contributed by atoms with Crippen LogP contribution >= 0.6 is 11.3 Å². The fourth-order valence-corrected chi connectivity index (χ4v) is 4.03. The Hall–Kier alpha value is -2.34. The first kappa shape index (κ1) is 17.5. The molecule has 6 heteroatoms. The molecule has 1 aromatic carbocycles. The predicted molar refractivity (Wildman–Crippen MR) is 102 cm³/mol. The van der Waals surface area contributed by atoms with Gasteiger partial charge in [0.2, 0.25) is 0 Å². The molecule has 25 heavy (non-hydrogen) atoms. The Morgan fingerprint density at radius 3 is 2.52 bits per heavy atom. The lowest BCUT2D eigenvalue weighted by Crippen LogP contribution is -2.30. The summed E-state index contributed by atoms with van der Waals surface area (Å²) in [6.07, 6.45) is 0. The number of aromatic nitrogens is 2. The third-order valence-corrected chi connectivity index (χ3v) is 5.33. The third-order valence-electron chi connectivity index (χ3n) is 4.14. The quantitative estimate of drug-likeness (QED) is 0.699. The molecule has 3 rings (SSSR count). The van der Waals surface area contributed by atoms with Crippen molar-refractivity contribution in [3.8, 4) is 5.75 Å². The van der Waals surface area contributed by atoms with Crippen molar-refractivity contribution in [2.45, 2.75) is 20.8 Å². The normalized spacial score (nSPS) is 11.1. The van der Waals surface area contributed by atoms with E-state index in [9.17, 15) is 4.79 Å². The molecule has 0 unspecified atom stereocenters. The summed E-state index contributed by atoms with van der Waals surface area (Å²) in [5.74, 6) is 0.867. The zero-order valence-electron chi connectivity index (χ0n) is 15.3. The number of hydrogen-bond donors (Lipinski definition) is 0. The number of amides is 1. The van der Waals surface area contributed by atoms with Crippen LogP contribution in [0.15, 0.2) is 24.3 Å². The molecule has 0 bridgehead atoms. The number of aryl methyl sites for hydroxylation is 4. The third kappa shape index (κ3) is 3.69. The first-order valence-corrected chi connectivity index (χ1v) is 9.06. The summed E-state index contributed by atoms with van der Waals surface area (Å²) < 4.78 is 7.63. The molecule has 2 heterocycles. The van der Waals surface area contributed by atoms with E-state index in [1.807, 2.05) is 57.7 Å². The largest absolute Gasteiger partial charge is 0.492 e. The van der Waals surface area contributed by atoms with E-state index < -0.39 is 0 Å². The van der Waals surface area contributed by atoms with Gasteiger partial charge in [-0.3, -0.25) is 9.48 Å². The smallest absolute Gasteiger partial charge is 0.263 e. The van der Waals surface area contributed by atoms with Crippen LogP contribution in [0.2, 0.25) is 0 Å². The number of hydrogen-bond acceptors (Lipinski definition) is 4. The first-order valence-electron chi connectivity index (χ1n) is 8.25. The van der Waals surface area contributed by atoms with E-state index in [1.54, 1.807) is 4.90 Å². The summed E-state index contributed by atoms with van der Waals surface area (Å²) in [7, 11) is 3.71. The van der Waals surface area contributed by atoms with Crippen molar-refractivity contribution in [3.63, 3.8) is 0 Å². The number of rotatable bonds is 5. The highest BCUT2D eigenvalue weighted by atomic mass is 32.1. The van der Waals surface area contributed by atoms with E-state index in [0.717, 1.165) is 26.5 Å². The van der Waals surface area contributed by atoms with Crippen LogP contribution in [-0.4, -0.2) is 40.8 Å². The summed E-state index contributed by atoms with van der Waals surface area (Å²) >= 11 is 1.48. The summed E-state index contributed by atoms with van der Waals surface area (Å²) in [6.45, 7) is 7.07. The van der Waals surface area contributed by atoms with E-state index in [1.165, 1.54) is 22.5 Å². The van der Waals surface area contributed by atoms with Gasteiger partial charge in [0.25, 0.3) is 5.91 Å². The summed E-state index contributed by atoms with van der Waals surface area (Å²) in [4.78, 5) is 16.1. The maximum Gasteiger partial charge on any atom is 0.263 e. The molecule has 3 aromatic rings. The summed E-state index contributed by atoms with van der Waals surface area (Å²) in [5, 5.41) is 5.43. The molecule has 0 spiro atoms. The Balaban J connectivity index is 1.62. The number of thiophene rings is 1. The number of carbonyl (C=O) groups is 1. The van der Waals surface area contributed by atoms with Gasteiger partial charge in [0, 0.05) is 19.5 Å². The standard InChI is InChI=1S/C19H23N3O2S/c1-12-8-13(2)10-15(9-12)24-7-6-21(4)18(23)17-11-16-14(3)20-22(5)19(16)25-17/h8-11H,6-7H2,1-5H3. The highest BCUT2D eigenvalue weighted by Gasteiger charge is 2.18. The molecular formula is C19H23N3O2S. The molecule has 5 nitrogen and oxygen atoms in total. The highest BCUT2D eigenvalue weighted by Crippen LogP contribution is 2.28. The zero-order valence-corrected chi connectivity index (χ0v) is 16.1. The number of nitrogens with zero attached hydrogens (tertiary/aromatic N) is 3. The Morgan fingerprint density at radius 1 is 1.20 bits per heavy atom. The molecule has 0 fully saturated rings. The van der Waals surface area contributed by atoms with Gasteiger partial charge in [-0.05, 0) is 50.1 Å². The van der Waals surface area contributed by atoms with E-state index in [4.69, 9.17) is 4.74 Å². The van der Waals surface area contributed by atoms with Gasteiger partial charge in [0.05, 0.1) is 17.1 Å². The molecule has 132 valence electrons. The zero-order chi connectivity index (χ0) is 18.1. The van der Waals surface area contributed by atoms with Crippen LogP contribution in [0.3, 0.4) is 0 Å². The van der Waals surface area contributed by atoms with E-state index in [0.29, 0.717) is 13.2 Å². The van der Waals surface area contributed by atoms with Crippen molar-refractivity contribution in [1.29, 1.82) is 0 Å². The molecule has 0 radical (unpaired) electrons. The van der Waals surface area contributed by atoms with Crippen LogP contribution < -0.4 is 4.74 Å². The number of likely N-dealkylation sites (N-methyl/N-ethyl adjacent to an activating group) is 1. The number of ether oxygens (including phenoxy) is 1. The molecule has 2 aromatic heterocycles. The highest BCUT2D eigenvalue weighted by molar-refractivity contribution is 7.20. The van der Waals surface area contributed by atoms with Crippen LogP contribution in [0.5, 0.6) is 5.75 Å². The van der Waals surface area contributed by atoms with Crippen LogP contribution in [0.25, 0.3) is 10.2 Å². The molecule has 0 atom stereocenters. The minimum absolute atomic E-state index is 0.0182. The minimum Gasteiger partial charge on any atom is -0.492 e. The lowest BCUT2D eigenvalue weighted by Gasteiger charge is -2.17. The molecule has 0 saturated heterocycles. The van der Waals surface area contributed by atoms with Gasteiger partial charge >= 0.3 is 0 Å². The molecule has 0 saturated carbocycles. The number of fused-ring (bicyclic) bond motifs is 1. The number of carbonyl (C=O) groups excluding carboxylic acids is 1. The Morgan fingerprint density at radius 2 is 1.88 bits per heavy atom. The van der Waals surface area contributed by atoms with Gasteiger partial charge in [-0.2, -0.15) is 5.10 Å². The molecule has 1 amide bonds. The second kappa shape index (κ2) is 6.88. The van der Waals surface area contributed by atoms with Crippen molar-refractivity contribution < 1.29 is 9.53 Å². The van der Waals surface area contributed by atoms with Crippen molar-refractivity contribution in [2.24, 2.45) is 7.05 Å². The van der Waals surface area contributed by atoms with E-state index in [2.05, 4.69) is 11.2 Å². The molecule has 0 aliphatic heterocycles. The first-order chi connectivity index (χ1) is 11.8. The SMILES string of the molecule is Cc1cc(C)cc(OCCN(C)C(=O)c2cc3c(C)nn(C)c3s2)c1. The van der Waals surface area contributed by atoms with Crippen LogP contribution in [0.1, 0.15) is 26.5 Å². The second-order valence-corrected chi connectivity index (χ2v) is 7.47. The average Bonchev–Trinajstić information content (AvgIpc) is 3.08. The van der Waals surface area contributed by atoms with Gasteiger partial charge in [0.1, 0.15) is 17.2 Å². The predicted octanol–water partition coefficient (Wildman–Crippen LogP) is 3.71. The fourth-order valence-electron chi connectivity index (χ4n) is 2.92. The summed E-state index contributed by atoms with van der Waals surface area (Å²) in [5.41, 5.74) is 3.30. The number of benzene rings is 1. The van der Waals surface area contributed by atoms with Crippen LogP contribution in [0.4, 0.5) is 0 Å². The fraction of sp³-hybridized carbons (Fsp3) is 0.368. The molecular weight excluding hydrogens is 334 g/mol. The van der Waals surface area contributed by atoms with Crippen LogP contribution in [-0.2, 0) is 7.05 Å². The second-order valence-electron chi connectivity index (χ2n) is 6.44. The van der Waals surface area contributed by atoms with Crippen molar-refractivity contribution in [1.82, 2.24) is 14.7 Å². The van der Waals surface area contributed by atoms with E-state index in [-0.39, 0.29) is 5.91 Å². The maximum absolute atomic E-state index is 12.6. The summed E-state index contributed by atoms with van der Waals surface area (Å²) in [6, 6.07) is 8.07. The maximum atomic E-state index is 12.6. The van der Waals surface area contributed by atoms with Crippen molar-refractivity contribution in [2.75, 3.05) is 20.2 Å². The van der Waals surface area contributed by atoms with Gasteiger partial charge < -0.3 is 9.64 Å². The van der Waals surface area contributed by atoms with Crippen LogP contribution in [0, 0.1) is 20.8 Å². The lowest BCUT2D eigenvalue weighted by molar-refractivity contribution is 0.0778. The molecule has 0 aliphatic rings. The minimum atomic E-state index is 0.0182. The molecule has 0 N–H and O–H groups in total. The van der Waals surface area contributed by atoms with E-state index >= 15 is 0 Å². The van der Waals surface area contributed by atoms with Gasteiger partial charge in [-0.25, -0.2) is 0 Å². The lowest BCUT2D eigenvalue weighted by atomic mass is 10.1. The van der Waals surface area contributed by atoms with Gasteiger partial charge in [-0.1, -0.05) is 6.07 Å². The van der Waals surface area contributed by atoms with Crippen molar-refractivity contribution in [3.05, 3.63) is 46.0 Å². The average molecular weight is 357 g/mol. The Bertz CT molecular complexity index is 872. The Kier molecular flexibility index (Phi) is 4.81. The Labute approximate surface area is 151 Å². The molecule has 0 aliphatic carbocycles. The monoisotopic (exact) mass is 357 g/mol. The van der Waals surface area contributed by atoms with Gasteiger partial charge in [0.15, 0.2) is 0 Å².